The zero-order chi connectivity index (χ0) is 14.0. The van der Waals surface area contributed by atoms with Gasteiger partial charge in [-0.05, 0) is 51.2 Å². The van der Waals surface area contributed by atoms with Crippen molar-refractivity contribution in [2.45, 2.75) is 39.2 Å². The number of carbonyl (C=O) groups excluding carboxylic acids is 1. The van der Waals surface area contributed by atoms with Crippen molar-refractivity contribution >= 4 is 30.7 Å². The third-order valence-corrected chi connectivity index (χ3v) is 4.91. The van der Waals surface area contributed by atoms with Gasteiger partial charge in [0.25, 0.3) is 0 Å². The van der Waals surface area contributed by atoms with Crippen molar-refractivity contribution in [3.63, 3.8) is 0 Å². The Kier molecular flexibility index (Phi) is 8.55. The van der Waals surface area contributed by atoms with Gasteiger partial charge in [0.1, 0.15) is 0 Å². The fourth-order valence-corrected chi connectivity index (χ4v) is 3.71. The second-order valence-corrected chi connectivity index (χ2v) is 6.90. The molecule has 4 nitrogen and oxygen atoms in total. The number of nitrogens with one attached hydrogen (secondary N) is 1. The molecule has 1 spiro atoms. The Hall–Kier alpha value is -0.0300. The number of amides is 1. The van der Waals surface area contributed by atoms with Crippen molar-refractivity contribution in [2.75, 3.05) is 40.3 Å². The average molecular weight is 340 g/mol. The molecule has 1 amide bonds. The van der Waals surface area contributed by atoms with Crippen LogP contribution >= 0.6 is 24.8 Å². The highest BCUT2D eigenvalue weighted by molar-refractivity contribution is 5.85. The highest BCUT2D eigenvalue weighted by Crippen LogP contribution is 2.37. The van der Waals surface area contributed by atoms with Crippen molar-refractivity contribution in [3.05, 3.63) is 0 Å². The Morgan fingerprint density at radius 2 is 1.71 bits per heavy atom. The largest absolute Gasteiger partial charge is 0.341 e. The normalized spacial score (nSPS) is 22.1. The first-order valence-electron chi connectivity index (χ1n) is 7.61. The van der Waals surface area contributed by atoms with Crippen LogP contribution in [0.1, 0.15) is 33.1 Å². The second-order valence-electron chi connectivity index (χ2n) is 6.90. The number of piperidine rings is 1. The zero-order valence-corrected chi connectivity index (χ0v) is 15.4. The van der Waals surface area contributed by atoms with E-state index in [9.17, 15) is 4.79 Å². The van der Waals surface area contributed by atoms with Crippen LogP contribution in [-0.2, 0) is 4.79 Å². The quantitative estimate of drug-likeness (QED) is 0.854. The molecule has 126 valence electrons. The summed E-state index contributed by atoms with van der Waals surface area (Å²) >= 11 is 0. The molecule has 6 heteroatoms. The minimum atomic E-state index is 0. The molecule has 0 bridgehead atoms. The molecule has 0 aromatic heterocycles. The lowest BCUT2D eigenvalue weighted by Crippen LogP contribution is -2.52. The van der Waals surface area contributed by atoms with Crippen LogP contribution in [0.4, 0.5) is 0 Å². The van der Waals surface area contributed by atoms with E-state index in [0.29, 0.717) is 17.2 Å². The summed E-state index contributed by atoms with van der Waals surface area (Å²) < 4.78 is 0. The lowest BCUT2D eigenvalue weighted by molar-refractivity contribution is -0.139. The number of hydrogen-bond donors (Lipinski definition) is 1. The molecule has 0 aliphatic carbocycles. The van der Waals surface area contributed by atoms with E-state index in [1.807, 2.05) is 14.1 Å². The Labute approximate surface area is 141 Å². The van der Waals surface area contributed by atoms with Crippen LogP contribution in [0, 0.1) is 11.3 Å². The fraction of sp³-hybridized carbons (Fsp3) is 0.933. The summed E-state index contributed by atoms with van der Waals surface area (Å²) in [4.78, 5) is 16.8. The van der Waals surface area contributed by atoms with Gasteiger partial charge in [-0.3, -0.25) is 9.69 Å². The molecule has 2 aliphatic heterocycles. The van der Waals surface area contributed by atoms with Crippen molar-refractivity contribution in [2.24, 2.45) is 11.3 Å². The van der Waals surface area contributed by atoms with E-state index in [2.05, 4.69) is 29.0 Å². The van der Waals surface area contributed by atoms with E-state index in [-0.39, 0.29) is 30.9 Å². The molecule has 0 aromatic rings. The van der Waals surface area contributed by atoms with Crippen LogP contribution in [0.2, 0.25) is 0 Å². The fourth-order valence-electron chi connectivity index (χ4n) is 3.71. The summed E-state index contributed by atoms with van der Waals surface area (Å²) in [5.41, 5.74) is 0.488. The van der Waals surface area contributed by atoms with E-state index in [4.69, 9.17) is 0 Å². The number of rotatable bonds is 3. The van der Waals surface area contributed by atoms with E-state index >= 15 is 0 Å². The van der Waals surface area contributed by atoms with Gasteiger partial charge in [0, 0.05) is 19.6 Å². The zero-order valence-electron chi connectivity index (χ0n) is 13.7. The minimum Gasteiger partial charge on any atom is -0.341 e. The van der Waals surface area contributed by atoms with Gasteiger partial charge in [-0.25, -0.2) is 0 Å². The Bertz CT molecular complexity index is 313. The number of carbonyl (C=O) groups is 1. The standard InChI is InChI=1S/C15H29N3O.2ClH/c1-12(2)13(17(3)4)14(19)18-9-6-15(7-10-18)5-8-16-11-15;;/h12-13,16H,5-11H2,1-4H3;2*1H/t13-;;/m0../s1. The molecule has 2 aliphatic rings. The second kappa shape index (κ2) is 8.56. The maximum atomic E-state index is 12.7. The molecule has 0 unspecified atom stereocenters. The summed E-state index contributed by atoms with van der Waals surface area (Å²) in [5, 5.41) is 3.47. The van der Waals surface area contributed by atoms with E-state index in [1.165, 1.54) is 19.3 Å². The first kappa shape index (κ1) is 21.0. The van der Waals surface area contributed by atoms with Crippen molar-refractivity contribution < 1.29 is 4.79 Å². The van der Waals surface area contributed by atoms with Crippen LogP contribution in [0.5, 0.6) is 0 Å². The molecule has 0 aromatic carbocycles. The van der Waals surface area contributed by atoms with Gasteiger partial charge in [-0.1, -0.05) is 13.8 Å². The van der Waals surface area contributed by atoms with E-state index in [1.54, 1.807) is 0 Å². The average Bonchev–Trinajstić information content (AvgIpc) is 2.77. The number of likely N-dealkylation sites (N-methyl/N-ethyl adjacent to an activating group) is 1. The monoisotopic (exact) mass is 339 g/mol. The predicted molar refractivity (Wildman–Crippen MR) is 92.5 cm³/mol. The summed E-state index contributed by atoms with van der Waals surface area (Å²) in [6.07, 6.45) is 3.63. The van der Waals surface area contributed by atoms with Gasteiger partial charge in [-0.15, -0.1) is 24.8 Å². The van der Waals surface area contributed by atoms with Gasteiger partial charge in [0.2, 0.25) is 5.91 Å². The SMILES string of the molecule is CC(C)[C@@H](C(=O)N1CCC2(CCNC2)CC1)N(C)C.Cl.Cl. The molecule has 0 saturated carbocycles. The number of likely N-dealkylation sites (tertiary alicyclic amines) is 1. The van der Waals surface area contributed by atoms with Crippen LogP contribution in [0.25, 0.3) is 0 Å². The molecule has 2 heterocycles. The number of hydrogen-bond acceptors (Lipinski definition) is 3. The predicted octanol–water partition coefficient (Wildman–Crippen LogP) is 2.02. The summed E-state index contributed by atoms with van der Waals surface area (Å²) in [5.74, 6) is 0.687. The summed E-state index contributed by atoms with van der Waals surface area (Å²) in [7, 11) is 4.02. The number of halogens is 2. The maximum absolute atomic E-state index is 12.7. The minimum absolute atomic E-state index is 0. The molecule has 2 fully saturated rings. The highest BCUT2D eigenvalue weighted by atomic mass is 35.5. The highest BCUT2D eigenvalue weighted by Gasteiger charge is 2.39. The van der Waals surface area contributed by atoms with Gasteiger partial charge in [-0.2, -0.15) is 0 Å². The van der Waals surface area contributed by atoms with Gasteiger partial charge >= 0.3 is 0 Å². The van der Waals surface area contributed by atoms with Crippen LogP contribution in [-0.4, -0.2) is 62.0 Å². The maximum Gasteiger partial charge on any atom is 0.240 e. The van der Waals surface area contributed by atoms with Gasteiger partial charge in [0.15, 0.2) is 0 Å². The molecule has 21 heavy (non-hydrogen) atoms. The lowest BCUT2D eigenvalue weighted by atomic mass is 9.77. The van der Waals surface area contributed by atoms with Gasteiger partial charge < -0.3 is 10.2 Å². The molecule has 0 radical (unpaired) electrons. The topological polar surface area (TPSA) is 35.6 Å². The lowest BCUT2D eigenvalue weighted by Gasteiger charge is -2.41. The first-order valence-corrected chi connectivity index (χ1v) is 7.61. The van der Waals surface area contributed by atoms with Crippen LogP contribution in [0.3, 0.4) is 0 Å². The summed E-state index contributed by atoms with van der Waals surface area (Å²) in [6, 6.07) is 0.0238. The number of nitrogens with zero attached hydrogens (tertiary/aromatic N) is 2. The smallest absolute Gasteiger partial charge is 0.240 e. The van der Waals surface area contributed by atoms with Crippen molar-refractivity contribution in [1.82, 2.24) is 15.1 Å². The first-order chi connectivity index (χ1) is 8.95. The third-order valence-electron chi connectivity index (χ3n) is 4.91. The summed E-state index contributed by atoms with van der Waals surface area (Å²) in [6.45, 7) is 8.45. The van der Waals surface area contributed by atoms with Gasteiger partial charge in [0.05, 0.1) is 6.04 Å². The Morgan fingerprint density at radius 3 is 2.10 bits per heavy atom. The molecular formula is C15H31Cl2N3O. The van der Waals surface area contributed by atoms with E-state index in [0.717, 1.165) is 26.2 Å². The molecule has 1 atom stereocenters. The van der Waals surface area contributed by atoms with E-state index < -0.39 is 0 Å². The molecule has 2 rings (SSSR count). The Balaban J connectivity index is 0.00000200. The van der Waals surface area contributed by atoms with Crippen LogP contribution in [0.15, 0.2) is 0 Å². The molecule has 2 saturated heterocycles. The van der Waals surface area contributed by atoms with Crippen molar-refractivity contribution in [3.8, 4) is 0 Å². The third kappa shape index (κ3) is 4.72. The van der Waals surface area contributed by atoms with Crippen LogP contribution < -0.4 is 5.32 Å². The molecular weight excluding hydrogens is 309 g/mol. The Morgan fingerprint density at radius 1 is 1.14 bits per heavy atom. The van der Waals surface area contributed by atoms with Crippen molar-refractivity contribution in [1.29, 1.82) is 0 Å². The molecule has 1 N–H and O–H groups in total.